The fourth-order valence-corrected chi connectivity index (χ4v) is 3.53. The number of aromatic nitrogens is 1. The molecule has 1 aromatic heterocycles. The Morgan fingerprint density at radius 3 is 2.29 bits per heavy atom. The van der Waals surface area contributed by atoms with Gasteiger partial charge in [-0.3, -0.25) is 0 Å². The molecule has 0 radical (unpaired) electrons. The molecule has 4 rings (SSSR count). The number of pyridine rings is 1. The van der Waals surface area contributed by atoms with Gasteiger partial charge in [0.2, 0.25) is 0 Å². The molecule has 0 saturated carbocycles. The number of aromatic hydroxyl groups is 1. The number of phenolic OH excluding ortho intramolecular Hbond substituents is 1. The number of anilines is 1. The summed E-state index contributed by atoms with van der Waals surface area (Å²) in [6, 6.07) is 16.6. The van der Waals surface area contributed by atoms with Crippen LogP contribution in [0.25, 0.3) is 10.9 Å². The van der Waals surface area contributed by atoms with E-state index in [0.717, 1.165) is 6.07 Å². The van der Waals surface area contributed by atoms with E-state index < -0.39 is 23.6 Å². The van der Waals surface area contributed by atoms with E-state index in [4.69, 9.17) is 0 Å². The number of nitrogens with zero attached hydrogens (tertiary/aromatic N) is 1. The minimum atomic E-state index is -4.57. The number of phenols is 1. The lowest BCUT2D eigenvalue weighted by Gasteiger charge is -2.24. The van der Waals surface area contributed by atoms with Gasteiger partial charge in [-0.2, -0.15) is 13.2 Å². The predicted octanol–water partition coefficient (Wildman–Crippen LogP) is 6.61. The van der Waals surface area contributed by atoms with E-state index in [0.29, 0.717) is 27.7 Å². The molecular weight excluding hydrogens is 408 g/mol. The fraction of sp³-hybridized carbons (Fsp3) is 0.125. The molecule has 1 unspecified atom stereocenters. The number of hydrogen-bond acceptors (Lipinski definition) is 3. The van der Waals surface area contributed by atoms with Crippen LogP contribution in [0.2, 0.25) is 0 Å². The first kappa shape index (κ1) is 20.7. The minimum absolute atomic E-state index is 0.146. The number of nitrogens with one attached hydrogen (secondary N) is 1. The van der Waals surface area contributed by atoms with E-state index in [1.807, 2.05) is 0 Å². The van der Waals surface area contributed by atoms with Gasteiger partial charge in [0.15, 0.2) is 0 Å². The van der Waals surface area contributed by atoms with Crippen molar-refractivity contribution in [3.63, 3.8) is 0 Å². The molecule has 3 nitrogen and oxygen atoms in total. The lowest BCUT2D eigenvalue weighted by molar-refractivity contribution is -0.137. The fourth-order valence-electron chi connectivity index (χ4n) is 3.53. The zero-order valence-electron chi connectivity index (χ0n) is 16.4. The number of fused-ring (bicyclic) bond motifs is 1. The number of aryl methyl sites for hydroxylation is 1. The Hall–Kier alpha value is -3.61. The van der Waals surface area contributed by atoms with E-state index in [1.54, 1.807) is 31.2 Å². The third-order valence-electron chi connectivity index (χ3n) is 5.05. The van der Waals surface area contributed by atoms with Crippen molar-refractivity contribution in [2.24, 2.45) is 0 Å². The molecule has 7 heteroatoms. The Bertz CT molecular complexity index is 1240. The molecule has 0 fully saturated rings. The molecule has 31 heavy (non-hydrogen) atoms. The molecule has 0 aliphatic heterocycles. The van der Waals surface area contributed by atoms with Crippen LogP contribution in [0, 0.1) is 12.7 Å². The highest BCUT2D eigenvalue weighted by atomic mass is 19.4. The van der Waals surface area contributed by atoms with E-state index in [9.17, 15) is 22.7 Å². The second-order valence-electron chi connectivity index (χ2n) is 7.20. The summed E-state index contributed by atoms with van der Waals surface area (Å²) < 4.78 is 54.1. The highest BCUT2D eigenvalue weighted by molar-refractivity contribution is 5.86. The summed E-state index contributed by atoms with van der Waals surface area (Å²) in [5, 5.41) is 14.6. The van der Waals surface area contributed by atoms with Crippen LogP contribution in [0.5, 0.6) is 5.75 Å². The smallest absolute Gasteiger partial charge is 0.418 e. The Morgan fingerprint density at radius 1 is 0.903 bits per heavy atom. The predicted molar refractivity (Wildman–Crippen MR) is 111 cm³/mol. The first-order valence-electron chi connectivity index (χ1n) is 9.51. The lowest BCUT2D eigenvalue weighted by Crippen LogP contribution is -2.17. The molecule has 0 bridgehead atoms. The molecule has 1 atom stereocenters. The van der Waals surface area contributed by atoms with Gasteiger partial charge in [0.05, 0.1) is 11.6 Å². The van der Waals surface area contributed by atoms with Crippen molar-refractivity contribution < 1.29 is 22.7 Å². The van der Waals surface area contributed by atoms with Crippen molar-refractivity contribution in [1.82, 2.24) is 4.98 Å². The summed E-state index contributed by atoms with van der Waals surface area (Å²) in [6.07, 6.45) is -4.57. The second-order valence-corrected chi connectivity index (χ2v) is 7.20. The molecule has 4 aromatic rings. The van der Waals surface area contributed by atoms with Crippen LogP contribution in [0.1, 0.15) is 28.4 Å². The van der Waals surface area contributed by atoms with Gasteiger partial charge in [-0.15, -0.1) is 0 Å². The monoisotopic (exact) mass is 426 g/mol. The molecule has 0 aliphatic rings. The van der Waals surface area contributed by atoms with Crippen LogP contribution in [0.4, 0.5) is 23.2 Å². The van der Waals surface area contributed by atoms with Crippen LogP contribution in [0.3, 0.4) is 0 Å². The molecule has 0 spiro atoms. The maximum absolute atomic E-state index is 13.5. The Labute approximate surface area is 176 Å². The average Bonchev–Trinajstić information content (AvgIpc) is 2.73. The standard InChI is InChI=1S/C24H18F4N2O/c1-14-6-7-16-10-13-18(23(31)22(16)29-14)21(15-8-11-17(25)12-9-15)30-20-5-3-2-4-19(20)24(26,27)28/h2-13,21,30-31H,1H3. The van der Waals surface area contributed by atoms with Gasteiger partial charge in [0.1, 0.15) is 17.1 Å². The van der Waals surface area contributed by atoms with Crippen molar-refractivity contribution >= 4 is 16.6 Å². The van der Waals surface area contributed by atoms with E-state index in [2.05, 4.69) is 10.3 Å². The zero-order chi connectivity index (χ0) is 22.2. The highest BCUT2D eigenvalue weighted by Gasteiger charge is 2.34. The van der Waals surface area contributed by atoms with Crippen LogP contribution in [-0.2, 0) is 6.18 Å². The van der Waals surface area contributed by atoms with E-state index in [-0.39, 0.29) is 11.4 Å². The van der Waals surface area contributed by atoms with Crippen LogP contribution in [0.15, 0.2) is 72.8 Å². The number of hydrogen-bond donors (Lipinski definition) is 2. The molecule has 2 N–H and O–H groups in total. The van der Waals surface area contributed by atoms with Crippen molar-refractivity contribution in [1.29, 1.82) is 0 Å². The van der Waals surface area contributed by atoms with Gasteiger partial charge < -0.3 is 10.4 Å². The van der Waals surface area contributed by atoms with Gasteiger partial charge in [0, 0.05) is 22.3 Å². The van der Waals surface area contributed by atoms with Crippen molar-refractivity contribution in [3.05, 3.63) is 101 Å². The Balaban J connectivity index is 1.89. The first-order chi connectivity index (χ1) is 14.7. The van der Waals surface area contributed by atoms with Gasteiger partial charge in [-0.05, 0) is 42.8 Å². The normalized spacial score (nSPS) is 12.7. The summed E-state index contributed by atoms with van der Waals surface area (Å²) in [5.74, 6) is -0.620. The summed E-state index contributed by atoms with van der Waals surface area (Å²) in [5.41, 5.74) is 0.858. The average molecular weight is 426 g/mol. The summed E-state index contributed by atoms with van der Waals surface area (Å²) in [4.78, 5) is 4.37. The van der Waals surface area contributed by atoms with E-state index in [1.165, 1.54) is 42.5 Å². The first-order valence-corrected chi connectivity index (χ1v) is 9.51. The van der Waals surface area contributed by atoms with Gasteiger partial charge in [-0.25, -0.2) is 9.37 Å². The number of benzene rings is 3. The molecule has 1 heterocycles. The quantitative estimate of drug-likeness (QED) is 0.361. The molecular formula is C24H18F4N2O. The minimum Gasteiger partial charge on any atom is -0.505 e. The van der Waals surface area contributed by atoms with Crippen molar-refractivity contribution in [2.45, 2.75) is 19.1 Å². The number of rotatable bonds is 4. The zero-order valence-corrected chi connectivity index (χ0v) is 16.4. The molecule has 0 amide bonds. The van der Waals surface area contributed by atoms with Gasteiger partial charge in [0.25, 0.3) is 0 Å². The lowest BCUT2D eigenvalue weighted by atomic mass is 9.95. The summed E-state index contributed by atoms with van der Waals surface area (Å²) >= 11 is 0. The van der Waals surface area contributed by atoms with Gasteiger partial charge >= 0.3 is 6.18 Å². The molecule has 158 valence electrons. The number of para-hydroxylation sites is 1. The Kier molecular flexibility index (Phi) is 5.27. The van der Waals surface area contributed by atoms with Gasteiger partial charge in [-0.1, -0.05) is 42.5 Å². The van der Waals surface area contributed by atoms with Crippen LogP contribution < -0.4 is 5.32 Å². The highest BCUT2D eigenvalue weighted by Crippen LogP contribution is 2.40. The Morgan fingerprint density at radius 2 is 1.58 bits per heavy atom. The van der Waals surface area contributed by atoms with E-state index >= 15 is 0 Å². The molecule has 0 saturated heterocycles. The summed E-state index contributed by atoms with van der Waals surface area (Å²) in [7, 11) is 0. The number of halogens is 4. The molecule has 0 aliphatic carbocycles. The maximum Gasteiger partial charge on any atom is 0.418 e. The van der Waals surface area contributed by atoms with Crippen molar-refractivity contribution in [3.8, 4) is 5.75 Å². The second kappa shape index (κ2) is 7.91. The topological polar surface area (TPSA) is 45.1 Å². The summed E-state index contributed by atoms with van der Waals surface area (Å²) in [6.45, 7) is 1.78. The third kappa shape index (κ3) is 4.17. The maximum atomic E-state index is 13.5. The van der Waals surface area contributed by atoms with Crippen LogP contribution in [-0.4, -0.2) is 10.1 Å². The SMILES string of the molecule is Cc1ccc2ccc(C(Nc3ccccc3C(F)(F)F)c3ccc(F)cc3)c(O)c2n1. The third-order valence-corrected chi connectivity index (χ3v) is 5.05. The largest absolute Gasteiger partial charge is 0.505 e. The van der Waals surface area contributed by atoms with Crippen molar-refractivity contribution in [2.75, 3.05) is 5.32 Å². The molecule has 3 aromatic carbocycles. The van der Waals surface area contributed by atoms with Crippen LogP contribution >= 0.6 is 0 Å². The number of alkyl halides is 3.